The number of carbonyl (C=O) groups is 1. The second-order valence-electron chi connectivity index (χ2n) is 8.32. The molecule has 0 amide bonds. The van der Waals surface area contributed by atoms with Crippen LogP contribution in [0.2, 0.25) is 0 Å². The Morgan fingerprint density at radius 2 is 2.00 bits per heavy atom. The number of ether oxygens (including phenoxy) is 1. The largest absolute Gasteiger partial charge is 0.478 e. The number of fused-ring (bicyclic) bond motifs is 1. The van der Waals surface area contributed by atoms with Crippen LogP contribution in [-0.4, -0.2) is 43.4 Å². The van der Waals surface area contributed by atoms with E-state index in [4.69, 9.17) is 4.74 Å². The van der Waals surface area contributed by atoms with Gasteiger partial charge in [-0.15, -0.1) is 0 Å². The van der Waals surface area contributed by atoms with Crippen LogP contribution >= 0.6 is 0 Å². The van der Waals surface area contributed by atoms with E-state index in [2.05, 4.69) is 65.7 Å². The Bertz CT molecular complexity index is 1060. The Morgan fingerprint density at radius 3 is 2.84 bits per heavy atom. The summed E-state index contributed by atoms with van der Waals surface area (Å²) in [5, 5.41) is 15.7. The molecule has 3 aromatic carbocycles. The number of carboxylic acid groups (broad SMARTS) is 1. The fourth-order valence-corrected chi connectivity index (χ4v) is 4.49. The zero-order chi connectivity index (χ0) is 21.8. The third-order valence-corrected chi connectivity index (χ3v) is 6.09. The van der Waals surface area contributed by atoms with Gasteiger partial charge in [-0.25, -0.2) is 4.79 Å². The molecule has 0 spiro atoms. The van der Waals surface area contributed by atoms with E-state index >= 15 is 0 Å². The number of carboxylic acids is 1. The van der Waals surface area contributed by atoms with Crippen molar-refractivity contribution in [3.8, 4) is 0 Å². The molecule has 2 atom stereocenters. The average molecular weight is 419 g/mol. The molecule has 5 nitrogen and oxygen atoms in total. The van der Waals surface area contributed by atoms with Gasteiger partial charge in [0.1, 0.15) is 0 Å². The number of hydrogen-bond donors (Lipinski definition) is 2. The van der Waals surface area contributed by atoms with Gasteiger partial charge in [0.25, 0.3) is 0 Å². The summed E-state index contributed by atoms with van der Waals surface area (Å²) in [5.74, 6) is -0.889. The van der Waals surface area contributed by atoms with Gasteiger partial charge in [0.05, 0.1) is 24.8 Å². The van der Waals surface area contributed by atoms with Gasteiger partial charge in [-0.2, -0.15) is 0 Å². The van der Waals surface area contributed by atoms with Gasteiger partial charge < -0.3 is 20.1 Å². The average Bonchev–Trinajstić information content (AvgIpc) is 2.78. The number of rotatable bonds is 7. The SMILES string of the molecule is Cc1cc(C(=O)O)cc(N2CCOCC2CCN[C@H](C)c2cccc3ccccc23)c1. The van der Waals surface area contributed by atoms with Crippen molar-refractivity contribution in [2.24, 2.45) is 0 Å². The van der Waals surface area contributed by atoms with Crippen LogP contribution in [0.3, 0.4) is 0 Å². The summed E-state index contributed by atoms with van der Waals surface area (Å²) in [7, 11) is 0. The Kier molecular flexibility index (Phi) is 6.54. The number of aromatic carboxylic acids is 1. The highest BCUT2D eigenvalue weighted by Crippen LogP contribution is 2.26. The molecule has 162 valence electrons. The first-order valence-corrected chi connectivity index (χ1v) is 10.9. The fourth-order valence-electron chi connectivity index (χ4n) is 4.49. The van der Waals surface area contributed by atoms with Gasteiger partial charge in [0.15, 0.2) is 0 Å². The molecule has 3 aromatic rings. The van der Waals surface area contributed by atoms with E-state index in [9.17, 15) is 9.90 Å². The Balaban J connectivity index is 1.44. The summed E-state index contributed by atoms with van der Waals surface area (Å²) in [6.07, 6.45) is 0.922. The number of benzene rings is 3. The molecule has 1 fully saturated rings. The normalized spacial score (nSPS) is 17.6. The number of nitrogens with zero attached hydrogens (tertiary/aromatic N) is 1. The molecule has 0 aliphatic carbocycles. The maximum Gasteiger partial charge on any atom is 0.335 e. The molecule has 0 saturated carbocycles. The Labute approximate surface area is 183 Å². The van der Waals surface area contributed by atoms with E-state index in [0.717, 1.165) is 30.8 Å². The number of anilines is 1. The first-order chi connectivity index (χ1) is 15.0. The Morgan fingerprint density at radius 1 is 1.19 bits per heavy atom. The van der Waals surface area contributed by atoms with Gasteiger partial charge in [-0.1, -0.05) is 42.5 Å². The maximum atomic E-state index is 11.5. The summed E-state index contributed by atoms with van der Waals surface area (Å²) < 4.78 is 5.76. The molecule has 0 radical (unpaired) electrons. The van der Waals surface area contributed by atoms with Gasteiger partial charge in [-0.05, 0) is 66.9 Å². The summed E-state index contributed by atoms with van der Waals surface area (Å²) in [5.41, 5.74) is 3.57. The van der Waals surface area contributed by atoms with Crippen molar-refractivity contribution >= 4 is 22.4 Å². The second kappa shape index (κ2) is 9.50. The number of morpholine rings is 1. The van der Waals surface area contributed by atoms with Crippen molar-refractivity contribution in [3.05, 3.63) is 77.4 Å². The summed E-state index contributed by atoms with van der Waals surface area (Å²) in [4.78, 5) is 13.8. The number of aryl methyl sites for hydroxylation is 1. The fraction of sp³-hybridized carbons (Fsp3) is 0.346. The van der Waals surface area contributed by atoms with E-state index in [1.54, 1.807) is 12.1 Å². The monoisotopic (exact) mass is 418 g/mol. The zero-order valence-electron chi connectivity index (χ0n) is 18.2. The summed E-state index contributed by atoms with van der Waals surface area (Å²) in [6.45, 7) is 7.08. The van der Waals surface area contributed by atoms with E-state index in [0.29, 0.717) is 18.8 Å². The highest BCUT2D eigenvalue weighted by molar-refractivity contribution is 5.89. The van der Waals surface area contributed by atoms with Crippen molar-refractivity contribution in [1.82, 2.24) is 5.32 Å². The third-order valence-electron chi connectivity index (χ3n) is 6.09. The van der Waals surface area contributed by atoms with Gasteiger partial charge in [-0.3, -0.25) is 0 Å². The molecular formula is C26H30N2O3. The quantitative estimate of drug-likeness (QED) is 0.578. The molecule has 1 saturated heterocycles. The van der Waals surface area contributed by atoms with Crippen LogP contribution in [0.5, 0.6) is 0 Å². The molecule has 31 heavy (non-hydrogen) atoms. The molecule has 1 heterocycles. The van der Waals surface area contributed by atoms with E-state index in [1.165, 1.54) is 16.3 Å². The third kappa shape index (κ3) is 4.89. The van der Waals surface area contributed by atoms with Crippen LogP contribution in [0.25, 0.3) is 10.8 Å². The van der Waals surface area contributed by atoms with E-state index in [-0.39, 0.29) is 12.1 Å². The van der Waals surface area contributed by atoms with E-state index in [1.807, 2.05) is 6.92 Å². The van der Waals surface area contributed by atoms with Crippen molar-refractivity contribution in [2.75, 3.05) is 31.2 Å². The lowest BCUT2D eigenvalue weighted by atomic mass is 9.99. The second-order valence-corrected chi connectivity index (χ2v) is 8.32. The molecule has 0 bridgehead atoms. The first kappa shape index (κ1) is 21.3. The molecule has 1 aliphatic rings. The smallest absolute Gasteiger partial charge is 0.335 e. The lowest BCUT2D eigenvalue weighted by Crippen LogP contribution is -2.47. The predicted octanol–water partition coefficient (Wildman–Crippen LogP) is 4.79. The van der Waals surface area contributed by atoms with E-state index < -0.39 is 5.97 Å². The molecule has 4 rings (SSSR count). The number of nitrogens with one attached hydrogen (secondary N) is 1. The molecule has 5 heteroatoms. The maximum absolute atomic E-state index is 11.5. The predicted molar refractivity (Wildman–Crippen MR) is 125 cm³/mol. The standard InChI is InChI=1S/C26H30N2O3/c1-18-14-21(26(29)30)16-23(15-18)28-12-13-31-17-22(28)10-11-27-19(2)24-9-5-7-20-6-3-4-8-25(20)24/h3-9,14-16,19,22,27H,10-13,17H2,1-2H3,(H,29,30)/t19-,22?/m1/s1. The van der Waals surface area contributed by atoms with Crippen molar-refractivity contribution < 1.29 is 14.6 Å². The van der Waals surface area contributed by atoms with Crippen molar-refractivity contribution in [2.45, 2.75) is 32.4 Å². The highest BCUT2D eigenvalue weighted by atomic mass is 16.5. The Hall–Kier alpha value is -2.89. The zero-order valence-corrected chi connectivity index (χ0v) is 18.2. The van der Waals surface area contributed by atoms with Crippen LogP contribution in [0.4, 0.5) is 5.69 Å². The van der Waals surface area contributed by atoms with Crippen molar-refractivity contribution in [1.29, 1.82) is 0 Å². The topological polar surface area (TPSA) is 61.8 Å². The van der Waals surface area contributed by atoms with Gasteiger partial charge >= 0.3 is 5.97 Å². The lowest BCUT2D eigenvalue weighted by molar-refractivity contribution is 0.0696. The van der Waals surface area contributed by atoms with Crippen LogP contribution in [-0.2, 0) is 4.74 Å². The number of hydrogen-bond acceptors (Lipinski definition) is 4. The minimum absolute atomic E-state index is 0.212. The minimum Gasteiger partial charge on any atom is -0.478 e. The van der Waals surface area contributed by atoms with Crippen LogP contribution < -0.4 is 10.2 Å². The van der Waals surface area contributed by atoms with Gasteiger partial charge in [0.2, 0.25) is 0 Å². The minimum atomic E-state index is -0.889. The molecule has 1 unspecified atom stereocenters. The lowest BCUT2D eigenvalue weighted by Gasteiger charge is -2.38. The van der Waals surface area contributed by atoms with Gasteiger partial charge in [0, 0.05) is 18.3 Å². The van der Waals surface area contributed by atoms with Crippen LogP contribution in [0.15, 0.2) is 60.7 Å². The molecule has 0 aromatic heterocycles. The molecule has 2 N–H and O–H groups in total. The summed E-state index contributed by atoms with van der Waals surface area (Å²) in [6, 6.07) is 21.0. The first-order valence-electron chi connectivity index (χ1n) is 10.9. The molecular weight excluding hydrogens is 388 g/mol. The van der Waals surface area contributed by atoms with Crippen molar-refractivity contribution in [3.63, 3.8) is 0 Å². The van der Waals surface area contributed by atoms with Crippen LogP contribution in [0.1, 0.15) is 40.9 Å². The molecule has 1 aliphatic heterocycles. The highest BCUT2D eigenvalue weighted by Gasteiger charge is 2.24. The summed E-state index contributed by atoms with van der Waals surface area (Å²) >= 11 is 0. The van der Waals surface area contributed by atoms with Crippen LogP contribution in [0, 0.1) is 6.92 Å².